The van der Waals surface area contributed by atoms with Crippen LogP contribution >= 0.6 is 19.4 Å². The summed E-state index contributed by atoms with van der Waals surface area (Å²) in [6.45, 7) is 3.48. The zero-order valence-corrected chi connectivity index (χ0v) is 16.2. The smallest absolute Gasteiger partial charge is 0.382 e. The standard InChI is InChI=1S/C18H22FO4PS/c1-4-22-24(20,23-5-2)18(19,25-17-9-7-6-8-10-17)15-11-13-16(21-3)14-12-15/h6-14H,4-5H2,1-3H3. The van der Waals surface area contributed by atoms with Crippen molar-refractivity contribution in [2.45, 2.75) is 23.5 Å². The van der Waals surface area contributed by atoms with Gasteiger partial charge in [-0.3, -0.25) is 4.57 Å². The van der Waals surface area contributed by atoms with Crippen LogP contribution in [0.2, 0.25) is 0 Å². The fourth-order valence-electron chi connectivity index (χ4n) is 2.26. The van der Waals surface area contributed by atoms with Crippen LogP contribution in [0.5, 0.6) is 5.75 Å². The van der Waals surface area contributed by atoms with E-state index in [4.69, 9.17) is 13.8 Å². The Balaban J connectivity index is 2.53. The Labute approximate surface area is 152 Å². The molecule has 0 heterocycles. The third-order valence-electron chi connectivity index (χ3n) is 3.39. The molecule has 1 atom stereocenters. The van der Waals surface area contributed by atoms with E-state index in [1.54, 1.807) is 62.4 Å². The average molecular weight is 384 g/mol. The molecule has 2 aromatic rings. The van der Waals surface area contributed by atoms with Crippen LogP contribution < -0.4 is 4.74 Å². The second kappa shape index (κ2) is 8.86. The summed E-state index contributed by atoms with van der Waals surface area (Å²) in [6, 6.07) is 15.3. The molecule has 0 aromatic heterocycles. The number of hydrogen-bond donors (Lipinski definition) is 0. The van der Waals surface area contributed by atoms with E-state index in [0.717, 1.165) is 11.8 Å². The highest BCUT2D eigenvalue weighted by Crippen LogP contribution is 2.72. The van der Waals surface area contributed by atoms with Crippen LogP contribution in [-0.4, -0.2) is 20.3 Å². The molecule has 0 saturated heterocycles. The maximum absolute atomic E-state index is 16.3. The number of hydrogen-bond acceptors (Lipinski definition) is 5. The molecule has 4 nitrogen and oxygen atoms in total. The first-order chi connectivity index (χ1) is 12.0. The Morgan fingerprint density at radius 3 is 2.04 bits per heavy atom. The molecule has 1 unspecified atom stereocenters. The molecule has 0 spiro atoms. The number of alkyl halides is 1. The number of halogens is 1. The van der Waals surface area contributed by atoms with Crippen LogP contribution in [0.25, 0.3) is 0 Å². The zero-order chi connectivity index (χ0) is 18.3. The van der Waals surface area contributed by atoms with Gasteiger partial charge in [-0.1, -0.05) is 42.1 Å². The highest BCUT2D eigenvalue weighted by molar-refractivity contribution is 8.05. The third-order valence-corrected chi connectivity index (χ3v) is 7.51. The predicted octanol–water partition coefficient (Wildman–Crippen LogP) is 5.83. The van der Waals surface area contributed by atoms with Gasteiger partial charge >= 0.3 is 7.60 Å². The maximum atomic E-state index is 16.3. The molecule has 0 bridgehead atoms. The second-order valence-electron chi connectivity index (χ2n) is 5.04. The first kappa shape index (κ1) is 20.0. The van der Waals surface area contributed by atoms with Gasteiger partial charge in [-0.25, -0.2) is 4.39 Å². The number of benzene rings is 2. The zero-order valence-electron chi connectivity index (χ0n) is 14.5. The maximum Gasteiger partial charge on any atom is 0.382 e. The molecule has 0 aliphatic rings. The fourth-order valence-corrected chi connectivity index (χ4v) is 5.75. The summed E-state index contributed by atoms with van der Waals surface area (Å²) in [5.41, 5.74) is 0.201. The lowest BCUT2D eigenvalue weighted by Crippen LogP contribution is -2.20. The summed E-state index contributed by atoms with van der Waals surface area (Å²) in [6.07, 6.45) is 0. The number of methoxy groups -OCH3 is 1. The van der Waals surface area contributed by atoms with Crippen LogP contribution in [0.1, 0.15) is 19.4 Å². The van der Waals surface area contributed by atoms with Crippen molar-refractivity contribution in [3.05, 3.63) is 60.2 Å². The summed E-state index contributed by atoms with van der Waals surface area (Å²) in [7, 11) is -2.57. The lowest BCUT2D eigenvalue weighted by Gasteiger charge is -2.32. The normalized spacial score (nSPS) is 14.1. The molecule has 25 heavy (non-hydrogen) atoms. The minimum Gasteiger partial charge on any atom is -0.497 e. The largest absolute Gasteiger partial charge is 0.497 e. The number of thioether (sulfide) groups is 1. The van der Waals surface area contributed by atoms with Crippen molar-refractivity contribution in [1.29, 1.82) is 0 Å². The van der Waals surface area contributed by atoms with Crippen molar-refractivity contribution < 1.29 is 22.7 Å². The lowest BCUT2D eigenvalue weighted by atomic mass is 10.2. The highest BCUT2D eigenvalue weighted by Gasteiger charge is 2.54. The lowest BCUT2D eigenvalue weighted by molar-refractivity contribution is 0.180. The van der Waals surface area contributed by atoms with Crippen molar-refractivity contribution in [3.63, 3.8) is 0 Å². The number of ether oxygens (including phenoxy) is 1. The van der Waals surface area contributed by atoms with Crippen molar-refractivity contribution in [3.8, 4) is 5.75 Å². The Kier molecular flexibility index (Phi) is 7.08. The van der Waals surface area contributed by atoms with Gasteiger partial charge in [-0.2, -0.15) is 0 Å². The molecule has 0 N–H and O–H groups in total. The van der Waals surface area contributed by atoms with E-state index in [0.29, 0.717) is 10.6 Å². The molecule has 136 valence electrons. The predicted molar refractivity (Wildman–Crippen MR) is 98.9 cm³/mol. The molecule has 2 aromatic carbocycles. The fraction of sp³-hybridized carbons (Fsp3) is 0.333. The van der Waals surface area contributed by atoms with Gasteiger partial charge in [0, 0.05) is 10.5 Å². The molecule has 2 rings (SSSR count). The van der Waals surface area contributed by atoms with E-state index in [9.17, 15) is 4.57 Å². The Morgan fingerprint density at radius 1 is 1.00 bits per heavy atom. The average Bonchev–Trinajstić information content (AvgIpc) is 2.63. The van der Waals surface area contributed by atoms with Crippen LogP contribution in [0.4, 0.5) is 4.39 Å². The highest BCUT2D eigenvalue weighted by atomic mass is 32.2. The summed E-state index contributed by atoms with van der Waals surface area (Å²) in [5.74, 6) is 0.582. The Hall–Kier alpha value is -1.33. The van der Waals surface area contributed by atoms with Crippen LogP contribution in [0.3, 0.4) is 0 Å². The van der Waals surface area contributed by atoms with Gasteiger partial charge < -0.3 is 13.8 Å². The first-order valence-electron chi connectivity index (χ1n) is 7.95. The van der Waals surface area contributed by atoms with Gasteiger partial charge in [0.05, 0.1) is 20.3 Å². The molecule has 0 fully saturated rings. The first-order valence-corrected chi connectivity index (χ1v) is 10.3. The van der Waals surface area contributed by atoms with Crippen LogP contribution in [0.15, 0.2) is 59.5 Å². The molecular formula is C18H22FO4PS. The summed E-state index contributed by atoms with van der Waals surface area (Å²) in [4.78, 5) is 0.625. The second-order valence-corrected chi connectivity index (χ2v) is 8.71. The molecule has 0 saturated carbocycles. The number of rotatable bonds is 9. The minimum absolute atomic E-state index is 0.0778. The Morgan fingerprint density at radius 2 is 1.56 bits per heavy atom. The van der Waals surface area contributed by atoms with Crippen molar-refractivity contribution >= 4 is 19.4 Å². The van der Waals surface area contributed by atoms with E-state index in [-0.39, 0.29) is 18.8 Å². The summed E-state index contributed by atoms with van der Waals surface area (Å²) >= 11 is 0.824. The molecule has 0 radical (unpaired) electrons. The molecule has 0 amide bonds. The van der Waals surface area contributed by atoms with E-state index < -0.39 is 12.3 Å². The topological polar surface area (TPSA) is 44.8 Å². The summed E-state index contributed by atoms with van der Waals surface area (Å²) < 4.78 is 43.0. The van der Waals surface area contributed by atoms with Crippen molar-refractivity contribution in [2.75, 3.05) is 20.3 Å². The monoisotopic (exact) mass is 384 g/mol. The van der Waals surface area contributed by atoms with Gasteiger partial charge in [0.2, 0.25) is 0 Å². The van der Waals surface area contributed by atoms with Gasteiger partial charge in [0.25, 0.3) is 4.74 Å². The van der Waals surface area contributed by atoms with Crippen molar-refractivity contribution in [2.24, 2.45) is 0 Å². The van der Waals surface area contributed by atoms with E-state index in [1.807, 2.05) is 6.07 Å². The van der Waals surface area contributed by atoms with E-state index >= 15 is 4.39 Å². The third kappa shape index (κ3) is 4.45. The molecule has 0 aliphatic carbocycles. The van der Waals surface area contributed by atoms with Gasteiger partial charge in [0.1, 0.15) is 5.75 Å². The van der Waals surface area contributed by atoms with Gasteiger partial charge in [-0.15, -0.1) is 0 Å². The van der Waals surface area contributed by atoms with E-state index in [2.05, 4.69) is 0 Å². The SMILES string of the molecule is CCOP(=O)(OCC)C(F)(Sc1ccccc1)c1ccc(OC)cc1. The van der Waals surface area contributed by atoms with Gasteiger partial charge in [0.15, 0.2) is 0 Å². The van der Waals surface area contributed by atoms with E-state index in [1.165, 1.54) is 7.11 Å². The van der Waals surface area contributed by atoms with Crippen LogP contribution in [-0.2, 0) is 18.4 Å². The summed E-state index contributed by atoms with van der Waals surface area (Å²) in [5, 5.41) is 0. The minimum atomic E-state index is -4.10. The quantitative estimate of drug-likeness (QED) is 0.402. The van der Waals surface area contributed by atoms with Gasteiger partial charge in [-0.05, 0) is 38.1 Å². The van der Waals surface area contributed by atoms with Crippen molar-refractivity contribution in [1.82, 2.24) is 0 Å². The molecular weight excluding hydrogens is 362 g/mol. The Bertz CT molecular complexity index is 701. The molecule has 7 heteroatoms. The van der Waals surface area contributed by atoms with Crippen LogP contribution in [0, 0.1) is 0 Å². The molecule has 0 aliphatic heterocycles.